The highest BCUT2D eigenvalue weighted by molar-refractivity contribution is 7.10. The van der Waals surface area contributed by atoms with Gasteiger partial charge in [-0.05, 0) is 12.1 Å². The SMILES string of the molecule is N#CC(C(=O)CCl)c1nc(-c2ccc(C(F)(F)F)cc2)cs1. The third-order valence-corrected chi connectivity index (χ3v) is 4.03. The van der Waals surface area contributed by atoms with Gasteiger partial charge in [-0.25, -0.2) is 4.98 Å². The molecule has 114 valence electrons. The predicted molar refractivity (Wildman–Crippen MR) is 76.6 cm³/mol. The maximum absolute atomic E-state index is 12.5. The number of hydrogen-bond donors (Lipinski definition) is 0. The summed E-state index contributed by atoms with van der Waals surface area (Å²) in [5.74, 6) is -1.81. The van der Waals surface area contributed by atoms with Gasteiger partial charge in [-0.3, -0.25) is 4.79 Å². The van der Waals surface area contributed by atoms with Gasteiger partial charge < -0.3 is 0 Å². The second kappa shape index (κ2) is 6.46. The summed E-state index contributed by atoms with van der Waals surface area (Å²) in [5, 5.41) is 10.9. The first-order valence-electron chi connectivity index (χ1n) is 5.98. The lowest BCUT2D eigenvalue weighted by molar-refractivity contribution is -0.137. The molecule has 0 aliphatic carbocycles. The van der Waals surface area contributed by atoms with E-state index in [9.17, 15) is 18.0 Å². The average Bonchev–Trinajstić information content (AvgIpc) is 2.96. The van der Waals surface area contributed by atoms with E-state index in [4.69, 9.17) is 16.9 Å². The molecule has 1 atom stereocenters. The van der Waals surface area contributed by atoms with Crippen molar-refractivity contribution in [3.63, 3.8) is 0 Å². The molecule has 1 aromatic heterocycles. The van der Waals surface area contributed by atoms with Gasteiger partial charge in [0.25, 0.3) is 0 Å². The predicted octanol–water partition coefficient (Wildman–Crippen LogP) is 4.24. The zero-order valence-corrected chi connectivity index (χ0v) is 12.5. The molecule has 0 radical (unpaired) electrons. The molecule has 0 spiro atoms. The monoisotopic (exact) mass is 344 g/mol. The summed E-state index contributed by atoms with van der Waals surface area (Å²) >= 11 is 6.52. The van der Waals surface area contributed by atoms with E-state index < -0.39 is 23.4 Å². The van der Waals surface area contributed by atoms with Gasteiger partial charge in [0.05, 0.1) is 23.2 Å². The molecule has 0 fully saturated rings. The molecule has 0 saturated heterocycles. The minimum absolute atomic E-state index is 0.281. The number of benzene rings is 1. The topological polar surface area (TPSA) is 53.8 Å². The van der Waals surface area contributed by atoms with Gasteiger partial charge in [-0.15, -0.1) is 22.9 Å². The fourth-order valence-corrected chi connectivity index (χ4v) is 2.77. The van der Waals surface area contributed by atoms with Crippen LogP contribution in [0.1, 0.15) is 16.5 Å². The van der Waals surface area contributed by atoms with Crippen molar-refractivity contribution in [2.75, 3.05) is 5.88 Å². The average molecular weight is 345 g/mol. The lowest BCUT2D eigenvalue weighted by atomic mass is 10.1. The van der Waals surface area contributed by atoms with Crippen LogP contribution in [-0.4, -0.2) is 16.6 Å². The van der Waals surface area contributed by atoms with Crippen LogP contribution in [0.25, 0.3) is 11.3 Å². The summed E-state index contributed by atoms with van der Waals surface area (Å²) in [6.07, 6.45) is -4.40. The summed E-state index contributed by atoms with van der Waals surface area (Å²) in [5.41, 5.74) is 0.140. The van der Waals surface area contributed by atoms with E-state index in [2.05, 4.69) is 4.98 Å². The van der Waals surface area contributed by atoms with Crippen molar-refractivity contribution >= 4 is 28.7 Å². The molecule has 0 amide bonds. The van der Waals surface area contributed by atoms with Crippen LogP contribution in [0, 0.1) is 11.3 Å². The molecule has 0 N–H and O–H groups in total. The second-order valence-corrected chi connectivity index (χ2v) is 5.47. The molecule has 0 aliphatic heterocycles. The fourth-order valence-electron chi connectivity index (χ4n) is 1.72. The first kappa shape index (κ1) is 16.5. The number of alkyl halides is 4. The lowest BCUT2D eigenvalue weighted by Crippen LogP contribution is -2.11. The van der Waals surface area contributed by atoms with Crippen LogP contribution in [0.5, 0.6) is 0 Å². The first-order valence-corrected chi connectivity index (χ1v) is 7.39. The number of Topliss-reactive ketones (excluding diaryl/α,β-unsaturated/α-hetero) is 1. The van der Waals surface area contributed by atoms with Crippen LogP contribution in [0.2, 0.25) is 0 Å². The maximum Gasteiger partial charge on any atom is 0.416 e. The molecular weight excluding hydrogens is 337 g/mol. The standard InChI is InChI=1S/C14H8ClF3N2OS/c15-5-12(21)10(6-19)13-20-11(7-22-13)8-1-3-9(4-2-8)14(16,17)18/h1-4,7,10H,5H2. The number of hydrogen-bond acceptors (Lipinski definition) is 4. The minimum atomic E-state index is -4.40. The molecule has 1 heterocycles. The number of halogens is 4. The molecule has 0 aliphatic rings. The molecule has 1 unspecified atom stereocenters. The van der Waals surface area contributed by atoms with E-state index in [0.29, 0.717) is 11.3 Å². The Bertz CT molecular complexity index is 719. The van der Waals surface area contributed by atoms with Gasteiger partial charge in [0.15, 0.2) is 11.7 Å². The molecule has 8 heteroatoms. The number of nitriles is 1. The van der Waals surface area contributed by atoms with E-state index in [1.165, 1.54) is 12.1 Å². The van der Waals surface area contributed by atoms with Gasteiger partial charge in [-0.1, -0.05) is 12.1 Å². The van der Waals surface area contributed by atoms with Crippen molar-refractivity contribution in [3.8, 4) is 17.3 Å². The maximum atomic E-state index is 12.5. The Kier molecular flexibility index (Phi) is 4.84. The number of carbonyl (C=O) groups is 1. The Morgan fingerprint density at radius 1 is 1.36 bits per heavy atom. The number of nitrogens with zero attached hydrogens (tertiary/aromatic N) is 2. The fraction of sp³-hybridized carbons (Fsp3) is 0.214. The van der Waals surface area contributed by atoms with E-state index in [1.54, 1.807) is 5.38 Å². The Morgan fingerprint density at radius 3 is 2.50 bits per heavy atom. The number of ketones is 1. The first-order chi connectivity index (χ1) is 10.4. The van der Waals surface area contributed by atoms with Gasteiger partial charge in [-0.2, -0.15) is 18.4 Å². The van der Waals surface area contributed by atoms with Crippen molar-refractivity contribution in [3.05, 3.63) is 40.2 Å². The van der Waals surface area contributed by atoms with Gasteiger partial charge >= 0.3 is 6.18 Å². The highest BCUT2D eigenvalue weighted by Crippen LogP contribution is 2.32. The van der Waals surface area contributed by atoms with Crippen molar-refractivity contribution in [1.82, 2.24) is 4.98 Å². The number of aromatic nitrogens is 1. The third kappa shape index (κ3) is 3.46. The molecule has 2 aromatic rings. The van der Waals surface area contributed by atoms with Crippen molar-refractivity contribution in [2.24, 2.45) is 0 Å². The van der Waals surface area contributed by atoms with Gasteiger partial charge in [0, 0.05) is 10.9 Å². The number of rotatable bonds is 4. The summed E-state index contributed by atoms with van der Waals surface area (Å²) in [7, 11) is 0. The van der Waals surface area contributed by atoms with Gasteiger partial charge in [0.2, 0.25) is 0 Å². The van der Waals surface area contributed by atoms with Crippen LogP contribution in [0.4, 0.5) is 13.2 Å². The smallest absolute Gasteiger partial charge is 0.296 e. The summed E-state index contributed by atoms with van der Waals surface area (Å²) < 4.78 is 37.5. The molecule has 3 nitrogen and oxygen atoms in total. The van der Waals surface area contributed by atoms with Gasteiger partial charge in [0.1, 0.15) is 5.01 Å². The van der Waals surface area contributed by atoms with Crippen LogP contribution in [0.3, 0.4) is 0 Å². The zero-order valence-electron chi connectivity index (χ0n) is 10.9. The lowest BCUT2D eigenvalue weighted by Gasteiger charge is -2.06. The molecular formula is C14H8ClF3N2OS. The zero-order chi connectivity index (χ0) is 16.3. The van der Waals surface area contributed by atoms with Crippen LogP contribution in [-0.2, 0) is 11.0 Å². The Balaban J connectivity index is 2.29. The van der Waals surface area contributed by atoms with Crippen molar-refractivity contribution < 1.29 is 18.0 Å². The Morgan fingerprint density at radius 2 is 2.00 bits per heavy atom. The normalized spacial score (nSPS) is 12.7. The number of carbonyl (C=O) groups excluding carboxylic acids is 1. The highest BCUT2D eigenvalue weighted by Gasteiger charge is 2.30. The third-order valence-electron chi connectivity index (χ3n) is 2.86. The Hall–Kier alpha value is -1.91. The van der Waals surface area contributed by atoms with Crippen molar-refractivity contribution in [2.45, 2.75) is 12.1 Å². The molecule has 22 heavy (non-hydrogen) atoms. The molecule has 0 bridgehead atoms. The van der Waals surface area contributed by atoms with E-state index >= 15 is 0 Å². The molecule has 2 rings (SSSR count). The Labute approximate surface area is 133 Å². The largest absolute Gasteiger partial charge is 0.416 e. The van der Waals surface area contributed by atoms with Crippen LogP contribution < -0.4 is 0 Å². The van der Waals surface area contributed by atoms with Crippen molar-refractivity contribution in [1.29, 1.82) is 5.26 Å². The van der Waals surface area contributed by atoms with Crippen LogP contribution in [0.15, 0.2) is 29.6 Å². The summed E-state index contributed by atoms with van der Waals surface area (Å²) in [4.78, 5) is 15.7. The summed E-state index contributed by atoms with van der Waals surface area (Å²) in [6, 6.07) is 6.34. The van der Waals surface area contributed by atoms with E-state index in [-0.39, 0.29) is 10.9 Å². The quantitative estimate of drug-likeness (QED) is 0.779. The molecule has 0 saturated carbocycles. The highest BCUT2D eigenvalue weighted by atomic mass is 35.5. The van der Waals surface area contributed by atoms with Crippen LogP contribution >= 0.6 is 22.9 Å². The van der Waals surface area contributed by atoms with E-state index in [0.717, 1.165) is 23.5 Å². The minimum Gasteiger partial charge on any atom is -0.296 e. The second-order valence-electron chi connectivity index (χ2n) is 4.31. The number of thiazole rings is 1. The summed E-state index contributed by atoms with van der Waals surface area (Å²) in [6.45, 7) is 0. The molecule has 1 aromatic carbocycles. The van der Waals surface area contributed by atoms with E-state index in [1.807, 2.05) is 6.07 Å².